The molecule has 1 amide bonds. The van der Waals surface area contributed by atoms with E-state index >= 15 is 0 Å². The molecule has 1 atom stereocenters. The molecule has 0 fully saturated rings. The molecule has 0 spiro atoms. The van der Waals surface area contributed by atoms with Crippen molar-refractivity contribution < 1.29 is 4.79 Å². The molecule has 0 bridgehead atoms. The molecule has 3 nitrogen and oxygen atoms in total. The van der Waals surface area contributed by atoms with Gasteiger partial charge in [0.15, 0.2) is 0 Å². The quantitative estimate of drug-likeness (QED) is 0.739. The fraction of sp³-hybridized carbons (Fsp3) is 0.353. The Morgan fingerprint density at radius 3 is 2.48 bits per heavy atom. The number of aryl methyl sites for hydroxylation is 1. The number of alkyl halides is 1. The summed E-state index contributed by atoms with van der Waals surface area (Å²) in [7, 11) is 0. The van der Waals surface area contributed by atoms with Crippen LogP contribution in [0.15, 0.2) is 48.8 Å². The predicted molar refractivity (Wildman–Crippen MR) is 87.7 cm³/mol. The van der Waals surface area contributed by atoms with Gasteiger partial charge >= 0.3 is 0 Å². The number of hydrogen-bond acceptors (Lipinski definition) is 1. The number of hydrogen-bond donors (Lipinski definition) is 0. The third-order valence-corrected chi connectivity index (χ3v) is 4.02. The molecule has 0 N–H and O–H groups in total. The number of anilines is 1. The Labute approximate surface area is 131 Å². The first kappa shape index (κ1) is 15.6. The first-order chi connectivity index (χ1) is 10.2. The van der Waals surface area contributed by atoms with E-state index in [1.54, 1.807) is 4.90 Å². The molecule has 1 heterocycles. The second-order valence-electron chi connectivity index (χ2n) is 4.96. The van der Waals surface area contributed by atoms with Crippen molar-refractivity contribution in [2.75, 3.05) is 4.90 Å². The van der Waals surface area contributed by atoms with E-state index in [-0.39, 0.29) is 5.91 Å². The third-order valence-electron chi connectivity index (χ3n) is 3.53. The molecule has 0 aliphatic rings. The molecule has 2 rings (SSSR count). The number of amides is 1. The van der Waals surface area contributed by atoms with Crippen LogP contribution in [0.25, 0.3) is 0 Å². The van der Waals surface area contributed by atoms with Crippen LogP contribution in [0, 0.1) is 0 Å². The highest BCUT2D eigenvalue weighted by atomic mass is 35.5. The lowest BCUT2D eigenvalue weighted by atomic mass is 10.1. The zero-order chi connectivity index (χ0) is 15.2. The number of para-hydroxylation sites is 1. The zero-order valence-electron chi connectivity index (χ0n) is 12.5. The molecule has 4 heteroatoms. The molecule has 0 radical (unpaired) electrons. The summed E-state index contributed by atoms with van der Waals surface area (Å²) in [4.78, 5) is 14.4. The van der Waals surface area contributed by atoms with Crippen molar-refractivity contribution in [3.05, 3.63) is 54.4 Å². The maximum atomic E-state index is 12.6. The lowest BCUT2D eigenvalue weighted by Crippen LogP contribution is -2.38. The molecule has 0 aliphatic heterocycles. The summed E-state index contributed by atoms with van der Waals surface area (Å²) in [6, 6.07) is 11.9. The maximum absolute atomic E-state index is 12.6. The van der Waals surface area contributed by atoms with E-state index in [1.165, 1.54) is 0 Å². The topological polar surface area (TPSA) is 25.2 Å². The van der Waals surface area contributed by atoms with Gasteiger partial charge in [-0.2, -0.15) is 0 Å². The summed E-state index contributed by atoms with van der Waals surface area (Å²) in [5, 5.41) is -0.495. The minimum atomic E-state index is -0.495. The summed E-state index contributed by atoms with van der Waals surface area (Å²) in [5.41, 5.74) is 2.09. The smallest absolute Gasteiger partial charge is 0.246 e. The van der Waals surface area contributed by atoms with Gasteiger partial charge < -0.3 is 4.57 Å². The van der Waals surface area contributed by atoms with Crippen LogP contribution in [0.4, 0.5) is 5.69 Å². The van der Waals surface area contributed by atoms with Crippen LogP contribution in [0.3, 0.4) is 0 Å². The minimum Gasteiger partial charge on any atom is -0.336 e. The molecule has 1 unspecified atom stereocenters. The van der Waals surface area contributed by atoms with E-state index in [0.717, 1.165) is 17.7 Å². The molecule has 0 saturated carbocycles. The summed E-state index contributed by atoms with van der Waals surface area (Å²) in [6.45, 7) is 4.50. The number of benzene rings is 1. The Kier molecular flexibility index (Phi) is 5.45. The summed E-state index contributed by atoms with van der Waals surface area (Å²) >= 11 is 6.20. The van der Waals surface area contributed by atoms with Gasteiger partial charge in [-0.15, -0.1) is 11.6 Å². The van der Waals surface area contributed by atoms with Gasteiger partial charge in [0.25, 0.3) is 0 Å². The first-order valence-electron chi connectivity index (χ1n) is 7.31. The van der Waals surface area contributed by atoms with Crippen molar-refractivity contribution in [1.29, 1.82) is 0 Å². The fourth-order valence-corrected chi connectivity index (χ4v) is 2.43. The molecule has 1 aromatic carbocycles. The SMILES string of the molecule is CCc1ccccc1N(Cn1cccc1)C(=O)C(Cl)CC. The number of nitrogens with zero attached hydrogens (tertiary/aromatic N) is 2. The van der Waals surface area contributed by atoms with E-state index in [1.807, 2.05) is 54.2 Å². The van der Waals surface area contributed by atoms with Crippen LogP contribution in [0.1, 0.15) is 25.8 Å². The molecule has 0 aliphatic carbocycles. The van der Waals surface area contributed by atoms with E-state index in [9.17, 15) is 4.79 Å². The van der Waals surface area contributed by atoms with Crippen molar-refractivity contribution in [2.45, 2.75) is 38.7 Å². The largest absolute Gasteiger partial charge is 0.336 e. The van der Waals surface area contributed by atoms with Crippen molar-refractivity contribution in [3.63, 3.8) is 0 Å². The van der Waals surface area contributed by atoms with Crippen molar-refractivity contribution in [2.24, 2.45) is 0 Å². The number of aromatic nitrogens is 1. The highest BCUT2D eigenvalue weighted by molar-refractivity contribution is 6.32. The average Bonchev–Trinajstić information content (AvgIpc) is 3.04. The van der Waals surface area contributed by atoms with Crippen LogP contribution in [-0.4, -0.2) is 15.9 Å². The molecular weight excluding hydrogens is 284 g/mol. The fourth-order valence-electron chi connectivity index (χ4n) is 2.31. The zero-order valence-corrected chi connectivity index (χ0v) is 13.3. The normalized spacial score (nSPS) is 12.1. The average molecular weight is 305 g/mol. The van der Waals surface area contributed by atoms with E-state index in [0.29, 0.717) is 13.1 Å². The standard InChI is InChI=1S/C17H21ClN2O/c1-3-14-9-5-6-10-16(14)20(17(21)15(18)4-2)13-19-11-7-8-12-19/h5-12,15H,3-4,13H2,1-2H3. The molecule has 1 aromatic heterocycles. The van der Waals surface area contributed by atoms with Gasteiger partial charge in [0.05, 0.1) is 0 Å². The summed E-state index contributed by atoms with van der Waals surface area (Å²) in [6.07, 6.45) is 5.40. The monoisotopic (exact) mass is 304 g/mol. The number of halogens is 1. The van der Waals surface area contributed by atoms with Crippen LogP contribution < -0.4 is 4.90 Å². The highest BCUT2D eigenvalue weighted by Gasteiger charge is 2.23. The summed E-state index contributed by atoms with van der Waals surface area (Å²) in [5.74, 6) is -0.0474. The lowest BCUT2D eigenvalue weighted by Gasteiger charge is -2.27. The van der Waals surface area contributed by atoms with Crippen LogP contribution in [0.5, 0.6) is 0 Å². The van der Waals surface area contributed by atoms with Crippen LogP contribution >= 0.6 is 11.6 Å². The Bertz CT molecular complexity index is 580. The summed E-state index contributed by atoms with van der Waals surface area (Å²) < 4.78 is 1.98. The Balaban J connectivity index is 2.37. The predicted octanol–water partition coefficient (Wildman–Crippen LogP) is 4.06. The van der Waals surface area contributed by atoms with E-state index in [2.05, 4.69) is 13.0 Å². The van der Waals surface area contributed by atoms with E-state index < -0.39 is 5.38 Å². The number of rotatable bonds is 6. The second kappa shape index (κ2) is 7.32. The minimum absolute atomic E-state index is 0.0474. The van der Waals surface area contributed by atoms with E-state index in [4.69, 9.17) is 11.6 Å². The van der Waals surface area contributed by atoms with Gasteiger partial charge in [-0.05, 0) is 36.6 Å². The lowest BCUT2D eigenvalue weighted by molar-refractivity contribution is -0.118. The maximum Gasteiger partial charge on any atom is 0.246 e. The first-order valence-corrected chi connectivity index (χ1v) is 7.75. The number of carbonyl (C=O) groups is 1. The highest BCUT2D eigenvalue weighted by Crippen LogP contribution is 2.24. The van der Waals surface area contributed by atoms with Gasteiger partial charge in [-0.1, -0.05) is 32.0 Å². The Hall–Kier alpha value is -1.74. The van der Waals surface area contributed by atoms with Gasteiger partial charge in [0.2, 0.25) is 5.91 Å². The molecule has 112 valence electrons. The molecular formula is C17H21ClN2O. The van der Waals surface area contributed by atoms with Crippen LogP contribution in [0.2, 0.25) is 0 Å². The van der Waals surface area contributed by atoms with Gasteiger partial charge in [0, 0.05) is 18.1 Å². The van der Waals surface area contributed by atoms with Gasteiger partial charge in [0.1, 0.15) is 12.0 Å². The Morgan fingerprint density at radius 1 is 1.19 bits per heavy atom. The van der Waals surface area contributed by atoms with Crippen LogP contribution in [-0.2, 0) is 17.9 Å². The van der Waals surface area contributed by atoms with Gasteiger partial charge in [-0.25, -0.2) is 0 Å². The molecule has 21 heavy (non-hydrogen) atoms. The second-order valence-corrected chi connectivity index (χ2v) is 5.49. The van der Waals surface area contributed by atoms with Crippen molar-refractivity contribution in [3.8, 4) is 0 Å². The van der Waals surface area contributed by atoms with Crippen molar-refractivity contribution >= 4 is 23.2 Å². The molecule has 0 saturated heterocycles. The number of carbonyl (C=O) groups excluding carboxylic acids is 1. The Morgan fingerprint density at radius 2 is 1.86 bits per heavy atom. The van der Waals surface area contributed by atoms with Crippen molar-refractivity contribution in [1.82, 2.24) is 4.57 Å². The van der Waals surface area contributed by atoms with Gasteiger partial charge in [-0.3, -0.25) is 9.69 Å². The third kappa shape index (κ3) is 3.67. The molecule has 2 aromatic rings.